The predicted octanol–water partition coefficient (Wildman–Crippen LogP) is 1.82. The van der Waals surface area contributed by atoms with Crippen LogP contribution in [-0.2, 0) is 9.53 Å². The number of nitrogens with one attached hydrogen (secondary N) is 1. The highest BCUT2D eigenvalue weighted by Gasteiger charge is 2.19. The molecule has 0 fully saturated rings. The summed E-state index contributed by atoms with van der Waals surface area (Å²) in [6.45, 7) is 9.98. The number of rotatable bonds is 6. The van der Waals surface area contributed by atoms with Gasteiger partial charge in [0.2, 0.25) is 0 Å². The van der Waals surface area contributed by atoms with Gasteiger partial charge in [-0.15, -0.1) is 0 Å². The van der Waals surface area contributed by atoms with Gasteiger partial charge >= 0.3 is 5.97 Å². The summed E-state index contributed by atoms with van der Waals surface area (Å²) < 4.78 is 4.54. The Kier molecular flexibility index (Phi) is 5.77. The minimum absolute atomic E-state index is 0.203. The maximum Gasteiger partial charge on any atom is 0.319 e. The topological polar surface area (TPSA) is 38.3 Å². The molecule has 0 bridgehead atoms. The summed E-state index contributed by atoms with van der Waals surface area (Å²) in [5.74, 6) is 0.482. The van der Waals surface area contributed by atoms with E-state index in [1.54, 1.807) is 0 Å². The van der Waals surface area contributed by atoms with Gasteiger partial charge in [0, 0.05) is 6.54 Å². The van der Waals surface area contributed by atoms with Gasteiger partial charge in [-0.05, 0) is 17.8 Å². The summed E-state index contributed by atoms with van der Waals surface area (Å²) in [6, 6.07) is 0. The zero-order chi connectivity index (χ0) is 11.2. The molecule has 0 saturated heterocycles. The van der Waals surface area contributed by atoms with Gasteiger partial charge in [0.15, 0.2) is 0 Å². The fourth-order valence-corrected chi connectivity index (χ4v) is 1.75. The Labute approximate surface area is 87.2 Å². The number of esters is 1. The van der Waals surface area contributed by atoms with Crippen LogP contribution in [0.5, 0.6) is 0 Å². The van der Waals surface area contributed by atoms with Crippen molar-refractivity contribution in [3.8, 4) is 0 Å². The minimum Gasteiger partial charge on any atom is -0.468 e. The SMILES string of the molecule is COC(=O)CNCC(C)(C)CC(C)C. The van der Waals surface area contributed by atoms with E-state index in [0.717, 1.165) is 13.0 Å². The fraction of sp³-hybridized carbons (Fsp3) is 0.909. The molecule has 0 aromatic rings. The first-order valence-electron chi connectivity index (χ1n) is 5.15. The molecule has 0 unspecified atom stereocenters. The fourth-order valence-electron chi connectivity index (χ4n) is 1.75. The first kappa shape index (κ1) is 13.4. The third-order valence-electron chi connectivity index (χ3n) is 2.06. The number of hydrogen-bond acceptors (Lipinski definition) is 3. The van der Waals surface area contributed by atoms with Crippen molar-refractivity contribution < 1.29 is 9.53 Å². The number of hydrogen-bond donors (Lipinski definition) is 1. The summed E-state index contributed by atoms with van der Waals surface area (Å²) in [6.07, 6.45) is 1.15. The second kappa shape index (κ2) is 6.02. The minimum atomic E-state index is -0.203. The Morgan fingerprint density at radius 2 is 2.00 bits per heavy atom. The smallest absolute Gasteiger partial charge is 0.319 e. The van der Waals surface area contributed by atoms with Crippen molar-refractivity contribution in [2.24, 2.45) is 11.3 Å². The third kappa shape index (κ3) is 6.89. The summed E-state index contributed by atoms with van der Waals surface area (Å²) in [4.78, 5) is 10.8. The standard InChI is InChI=1S/C11H23NO2/c1-9(2)6-11(3,4)8-12-7-10(13)14-5/h9,12H,6-8H2,1-5H3. The quantitative estimate of drug-likeness (QED) is 0.666. The molecular formula is C11H23NO2. The lowest BCUT2D eigenvalue weighted by atomic mass is 9.84. The molecule has 0 aliphatic heterocycles. The van der Waals surface area contributed by atoms with E-state index in [0.29, 0.717) is 12.5 Å². The van der Waals surface area contributed by atoms with Crippen LogP contribution in [0.4, 0.5) is 0 Å². The molecule has 0 saturated carbocycles. The molecule has 84 valence electrons. The average Bonchev–Trinajstić information content (AvgIpc) is 2.01. The van der Waals surface area contributed by atoms with E-state index in [-0.39, 0.29) is 11.4 Å². The van der Waals surface area contributed by atoms with Crippen molar-refractivity contribution in [3.63, 3.8) is 0 Å². The number of ether oxygens (including phenoxy) is 1. The van der Waals surface area contributed by atoms with E-state index < -0.39 is 0 Å². The molecular weight excluding hydrogens is 178 g/mol. The maximum atomic E-state index is 10.8. The summed E-state index contributed by atoms with van der Waals surface area (Å²) in [7, 11) is 1.41. The molecule has 0 amide bonds. The van der Waals surface area contributed by atoms with Gasteiger partial charge in [0.05, 0.1) is 13.7 Å². The zero-order valence-corrected chi connectivity index (χ0v) is 10.0. The molecule has 3 heteroatoms. The van der Waals surface area contributed by atoms with E-state index in [1.165, 1.54) is 7.11 Å². The molecule has 14 heavy (non-hydrogen) atoms. The van der Waals surface area contributed by atoms with E-state index in [4.69, 9.17) is 0 Å². The molecule has 0 heterocycles. The van der Waals surface area contributed by atoms with Gasteiger partial charge in [-0.1, -0.05) is 27.7 Å². The molecule has 0 aromatic heterocycles. The Morgan fingerprint density at radius 1 is 1.43 bits per heavy atom. The van der Waals surface area contributed by atoms with Crippen LogP contribution in [0.15, 0.2) is 0 Å². The van der Waals surface area contributed by atoms with Gasteiger partial charge in [-0.3, -0.25) is 4.79 Å². The van der Waals surface area contributed by atoms with E-state index in [9.17, 15) is 4.79 Å². The molecule has 0 aliphatic rings. The van der Waals surface area contributed by atoms with Crippen LogP contribution in [0.3, 0.4) is 0 Å². The van der Waals surface area contributed by atoms with Crippen molar-refractivity contribution in [1.29, 1.82) is 0 Å². The van der Waals surface area contributed by atoms with E-state index in [1.807, 2.05) is 0 Å². The lowest BCUT2D eigenvalue weighted by Crippen LogP contribution is -2.34. The highest BCUT2D eigenvalue weighted by Crippen LogP contribution is 2.23. The number of carbonyl (C=O) groups is 1. The van der Waals surface area contributed by atoms with Crippen molar-refractivity contribution >= 4 is 5.97 Å². The van der Waals surface area contributed by atoms with Crippen LogP contribution in [0.1, 0.15) is 34.1 Å². The number of methoxy groups -OCH3 is 1. The normalized spacial score (nSPS) is 11.9. The highest BCUT2D eigenvalue weighted by atomic mass is 16.5. The van der Waals surface area contributed by atoms with Crippen LogP contribution in [0, 0.1) is 11.3 Å². The average molecular weight is 201 g/mol. The van der Waals surface area contributed by atoms with E-state index >= 15 is 0 Å². The van der Waals surface area contributed by atoms with Crippen LogP contribution in [0.25, 0.3) is 0 Å². The summed E-state index contributed by atoms with van der Waals surface area (Å²) in [5, 5.41) is 3.11. The third-order valence-corrected chi connectivity index (χ3v) is 2.06. The molecule has 0 spiro atoms. The molecule has 3 nitrogen and oxygen atoms in total. The van der Waals surface area contributed by atoms with Crippen molar-refractivity contribution in [2.75, 3.05) is 20.2 Å². The van der Waals surface area contributed by atoms with Crippen LogP contribution < -0.4 is 5.32 Å². The lowest BCUT2D eigenvalue weighted by Gasteiger charge is -2.26. The maximum absolute atomic E-state index is 10.8. The van der Waals surface area contributed by atoms with Gasteiger partial charge < -0.3 is 10.1 Å². The van der Waals surface area contributed by atoms with Crippen molar-refractivity contribution in [2.45, 2.75) is 34.1 Å². The summed E-state index contributed by atoms with van der Waals surface area (Å²) in [5.41, 5.74) is 0.238. The molecule has 0 aliphatic carbocycles. The number of carbonyl (C=O) groups excluding carboxylic acids is 1. The Balaban J connectivity index is 3.70. The molecule has 1 N–H and O–H groups in total. The Bertz CT molecular complexity index is 176. The largest absolute Gasteiger partial charge is 0.468 e. The molecule has 0 atom stereocenters. The zero-order valence-electron chi connectivity index (χ0n) is 10.0. The predicted molar refractivity (Wildman–Crippen MR) is 58.1 cm³/mol. The van der Waals surface area contributed by atoms with Gasteiger partial charge in [0.25, 0.3) is 0 Å². The van der Waals surface area contributed by atoms with Crippen molar-refractivity contribution in [3.05, 3.63) is 0 Å². The van der Waals surface area contributed by atoms with Crippen LogP contribution in [0.2, 0.25) is 0 Å². The Morgan fingerprint density at radius 3 is 2.43 bits per heavy atom. The second-order valence-corrected chi connectivity index (χ2v) is 4.94. The first-order chi connectivity index (χ1) is 6.37. The van der Waals surface area contributed by atoms with Crippen molar-refractivity contribution in [1.82, 2.24) is 5.32 Å². The van der Waals surface area contributed by atoms with Gasteiger partial charge in [-0.2, -0.15) is 0 Å². The molecule has 0 aromatic carbocycles. The lowest BCUT2D eigenvalue weighted by molar-refractivity contribution is -0.139. The highest BCUT2D eigenvalue weighted by molar-refractivity contribution is 5.71. The van der Waals surface area contributed by atoms with E-state index in [2.05, 4.69) is 37.7 Å². The Hall–Kier alpha value is -0.570. The summed E-state index contributed by atoms with van der Waals surface area (Å²) >= 11 is 0. The molecule has 0 rings (SSSR count). The van der Waals surface area contributed by atoms with Crippen LogP contribution >= 0.6 is 0 Å². The second-order valence-electron chi connectivity index (χ2n) is 4.94. The van der Waals surface area contributed by atoms with Gasteiger partial charge in [-0.25, -0.2) is 0 Å². The van der Waals surface area contributed by atoms with Gasteiger partial charge in [0.1, 0.15) is 0 Å². The van der Waals surface area contributed by atoms with Crippen LogP contribution in [-0.4, -0.2) is 26.2 Å². The first-order valence-corrected chi connectivity index (χ1v) is 5.15. The molecule has 0 radical (unpaired) electrons. The monoisotopic (exact) mass is 201 g/mol.